The number of rotatable bonds is 2. The van der Waals surface area contributed by atoms with E-state index in [1.54, 1.807) is 36.4 Å². The van der Waals surface area contributed by atoms with Crippen LogP contribution in [0.1, 0.15) is 12.0 Å². The third-order valence-electron chi connectivity index (χ3n) is 5.71. The summed E-state index contributed by atoms with van der Waals surface area (Å²) < 4.78 is 1.72. The molecule has 1 aliphatic heterocycles. The first-order chi connectivity index (χ1) is 15.8. The maximum atomic E-state index is 12.2. The molecule has 9 heteroatoms. The summed E-state index contributed by atoms with van der Waals surface area (Å²) in [6, 6.07) is 7.31. The van der Waals surface area contributed by atoms with Crippen LogP contribution in [0.2, 0.25) is 0 Å². The number of hydrogen-bond donors (Lipinski definition) is 2. The van der Waals surface area contributed by atoms with E-state index in [9.17, 15) is 9.90 Å². The molecule has 1 aromatic carbocycles. The molecule has 1 atom stereocenters. The maximum absolute atomic E-state index is 12.2. The van der Waals surface area contributed by atoms with Crippen LogP contribution in [0.5, 0.6) is 0 Å². The minimum Gasteiger partial charge on any atom is -0.382 e. The molecule has 3 N–H and O–H groups in total. The molecule has 0 radical (unpaired) electrons. The Morgan fingerprint density at radius 2 is 2.00 bits per heavy atom. The Kier molecular flexibility index (Phi) is 4.80. The normalized spacial score (nSPS) is 17.9. The molecule has 0 spiro atoms. The van der Waals surface area contributed by atoms with Crippen LogP contribution in [0.25, 0.3) is 33.4 Å². The number of carbonyl (C=O) groups is 1. The van der Waals surface area contributed by atoms with Gasteiger partial charge in [0.1, 0.15) is 11.3 Å². The number of aromatic nitrogens is 5. The summed E-state index contributed by atoms with van der Waals surface area (Å²) >= 11 is 0. The van der Waals surface area contributed by atoms with Gasteiger partial charge in [-0.15, -0.1) is 0 Å². The number of nitrogens with zero attached hydrogens (tertiary/aromatic N) is 6. The topological polar surface area (TPSA) is 123 Å². The number of pyridine rings is 1. The fourth-order valence-electron chi connectivity index (χ4n) is 3.85. The second kappa shape index (κ2) is 7.69. The number of amides is 1. The maximum Gasteiger partial charge on any atom is 0.267 e. The molecule has 4 aromatic rings. The summed E-state index contributed by atoms with van der Waals surface area (Å²) in [6.45, 7) is 0.478. The first-order valence-electron chi connectivity index (χ1n) is 10.4. The van der Waals surface area contributed by atoms with Crippen LogP contribution in [-0.4, -0.2) is 59.8 Å². The number of aryl methyl sites for hydroxylation is 1. The highest BCUT2D eigenvalue weighted by Crippen LogP contribution is 2.30. The lowest BCUT2D eigenvalue weighted by atomic mass is 10.0. The van der Waals surface area contributed by atoms with E-state index < -0.39 is 5.60 Å². The van der Waals surface area contributed by atoms with Gasteiger partial charge in [-0.1, -0.05) is 24.0 Å². The van der Waals surface area contributed by atoms with E-state index in [2.05, 4.69) is 31.9 Å². The van der Waals surface area contributed by atoms with Crippen molar-refractivity contribution in [2.24, 2.45) is 7.05 Å². The Bertz CT molecular complexity index is 1470. The zero-order valence-corrected chi connectivity index (χ0v) is 18.1. The number of hydrogen-bond acceptors (Lipinski definition) is 7. The fourth-order valence-corrected chi connectivity index (χ4v) is 3.85. The summed E-state index contributed by atoms with van der Waals surface area (Å²) in [6.07, 6.45) is 7.35. The Hall–Kier alpha value is -4.29. The minimum absolute atomic E-state index is 0.286. The van der Waals surface area contributed by atoms with Crippen molar-refractivity contribution >= 4 is 22.6 Å². The van der Waals surface area contributed by atoms with Gasteiger partial charge in [-0.3, -0.25) is 9.48 Å². The molecule has 4 heterocycles. The molecule has 1 saturated heterocycles. The van der Waals surface area contributed by atoms with Crippen LogP contribution in [0, 0.1) is 11.8 Å². The lowest BCUT2D eigenvalue weighted by molar-refractivity contribution is -0.137. The first kappa shape index (κ1) is 20.6. The summed E-state index contributed by atoms with van der Waals surface area (Å²) in [5, 5.41) is 15.5. The highest BCUT2D eigenvalue weighted by Gasteiger charge is 2.42. The Labute approximate surface area is 189 Å². The molecular formula is C24H21N7O2. The number of fused-ring (bicyclic) bond motifs is 1. The smallest absolute Gasteiger partial charge is 0.267 e. The second-order valence-electron chi connectivity index (χ2n) is 8.08. The number of benzene rings is 1. The van der Waals surface area contributed by atoms with Crippen molar-refractivity contribution in [3.05, 3.63) is 54.6 Å². The van der Waals surface area contributed by atoms with E-state index in [1.165, 1.54) is 4.90 Å². The minimum atomic E-state index is -1.65. The van der Waals surface area contributed by atoms with Gasteiger partial charge in [0.15, 0.2) is 5.82 Å². The molecule has 5 rings (SSSR count). The molecule has 3 aromatic heterocycles. The predicted molar refractivity (Wildman–Crippen MR) is 123 cm³/mol. The van der Waals surface area contributed by atoms with Crippen molar-refractivity contribution in [3.8, 4) is 34.4 Å². The van der Waals surface area contributed by atoms with Crippen molar-refractivity contribution in [2.45, 2.75) is 12.0 Å². The van der Waals surface area contributed by atoms with E-state index >= 15 is 0 Å². The van der Waals surface area contributed by atoms with Crippen molar-refractivity contribution < 1.29 is 9.90 Å². The molecule has 0 bridgehead atoms. The average Bonchev–Trinajstić information content (AvgIpc) is 3.37. The summed E-state index contributed by atoms with van der Waals surface area (Å²) in [5.41, 5.74) is 8.15. The number of carbonyl (C=O) groups excluding carboxylic acids is 1. The lowest BCUT2D eigenvalue weighted by Gasteiger charge is -2.13. The van der Waals surface area contributed by atoms with Gasteiger partial charge in [0.2, 0.25) is 5.60 Å². The molecule has 164 valence electrons. The Morgan fingerprint density at radius 3 is 2.73 bits per heavy atom. The molecule has 33 heavy (non-hydrogen) atoms. The van der Waals surface area contributed by atoms with E-state index in [1.807, 2.05) is 31.4 Å². The molecule has 1 fully saturated rings. The van der Waals surface area contributed by atoms with Gasteiger partial charge < -0.3 is 15.7 Å². The number of aliphatic hydroxyl groups is 1. The van der Waals surface area contributed by atoms with Crippen molar-refractivity contribution in [1.82, 2.24) is 29.6 Å². The van der Waals surface area contributed by atoms with Crippen LogP contribution < -0.4 is 5.73 Å². The summed E-state index contributed by atoms with van der Waals surface area (Å²) in [7, 11) is 3.50. The van der Waals surface area contributed by atoms with Crippen molar-refractivity contribution in [3.63, 3.8) is 0 Å². The second-order valence-corrected chi connectivity index (χ2v) is 8.08. The van der Waals surface area contributed by atoms with Gasteiger partial charge in [0, 0.05) is 73.3 Å². The molecule has 1 amide bonds. The standard InChI is InChI=1S/C24H21N7O2/c1-30-9-8-24(33,23(30)32)7-6-15-4-3-5-16(10-15)22-27-13-19-18(17-11-28-31(2)14-17)12-26-21(25)20(19)29-22/h3-5,10-14,33H,8-9H2,1-2H3,(H2,25,26). The van der Waals surface area contributed by atoms with Crippen LogP contribution >= 0.6 is 0 Å². The summed E-state index contributed by atoms with van der Waals surface area (Å²) in [5.74, 6) is 6.06. The third kappa shape index (κ3) is 3.66. The molecule has 0 saturated carbocycles. The van der Waals surface area contributed by atoms with Gasteiger partial charge in [-0.2, -0.15) is 5.10 Å². The molecular weight excluding hydrogens is 418 g/mol. The number of nitrogens with two attached hydrogens (primary N) is 1. The van der Waals surface area contributed by atoms with E-state index in [0.717, 1.165) is 22.1 Å². The number of anilines is 1. The zero-order chi connectivity index (χ0) is 23.2. The number of nitrogen functional groups attached to an aromatic ring is 1. The van der Waals surface area contributed by atoms with Crippen LogP contribution in [-0.2, 0) is 11.8 Å². The first-order valence-corrected chi connectivity index (χ1v) is 10.4. The van der Waals surface area contributed by atoms with E-state index in [-0.39, 0.29) is 12.3 Å². The van der Waals surface area contributed by atoms with Gasteiger partial charge in [-0.25, -0.2) is 15.0 Å². The van der Waals surface area contributed by atoms with Gasteiger partial charge in [0.25, 0.3) is 5.91 Å². The Balaban J connectivity index is 1.53. The molecule has 9 nitrogen and oxygen atoms in total. The molecule has 1 unspecified atom stereocenters. The quantitative estimate of drug-likeness (QED) is 0.455. The van der Waals surface area contributed by atoms with Gasteiger partial charge in [0.05, 0.1) is 6.20 Å². The van der Waals surface area contributed by atoms with Gasteiger partial charge in [-0.05, 0) is 12.1 Å². The fraction of sp³-hybridized carbons (Fsp3) is 0.208. The lowest BCUT2D eigenvalue weighted by Crippen LogP contribution is -2.37. The summed E-state index contributed by atoms with van der Waals surface area (Å²) in [4.78, 5) is 27.2. The number of likely N-dealkylation sites (tertiary alicyclic amines) is 1. The van der Waals surface area contributed by atoms with Crippen molar-refractivity contribution in [1.29, 1.82) is 0 Å². The van der Waals surface area contributed by atoms with Crippen LogP contribution in [0.3, 0.4) is 0 Å². The van der Waals surface area contributed by atoms with Gasteiger partial charge >= 0.3 is 0 Å². The van der Waals surface area contributed by atoms with E-state index in [0.29, 0.717) is 29.3 Å². The van der Waals surface area contributed by atoms with Crippen LogP contribution in [0.4, 0.5) is 5.82 Å². The monoisotopic (exact) mass is 439 g/mol. The highest BCUT2D eigenvalue weighted by molar-refractivity contribution is 5.98. The Morgan fingerprint density at radius 1 is 1.15 bits per heavy atom. The zero-order valence-electron chi connectivity index (χ0n) is 18.1. The largest absolute Gasteiger partial charge is 0.382 e. The van der Waals surface area contributed by atoms with E-state index in [4.69, 9.17) is 5.73 Å². The highest BCUT2D eigenvalue weighted by atomic mass is 16.3. The average molecular weight is 439 g/mol. The molecule has 1 aliphatic rings. The SMILES string of the molecule is CN1CCC(O)(C#Cc2cccc(-c3ncc4c(-c5cnn(C)c5)cnc(N)c4n3)c2)C1=O. The number of likely N-dealkylation sites (N-methyl/N-ethyl adjacent to an activating group) is 1. The van der Waals surface area contributed by atoms with Crippen LogP contribution in [0.15, 0.2) is 49.1 Å². The van der Waals surface area contributed by atoms with Crippen molar-refractivity contribution in [2.75, 3.05) is 19.3 Å². The predicted octanol–water partition coefficient (Wildman–Crippen LogP) is 1.62. The third-order valence-corrected chi connectivity index (χ3v) is 5.71. The molecule has 0 aliphatic carbocycles.